The standard InChI is InChI=1S/C17H18O6/c18-11-8-10(7-6-9-4-2-1-3-5-9)23-17-12(11)13(19)14(20)15(21)16(17)22/h1-5,8,13-16,19-22H,6-7H2/t13-,14+,15+,16-/m1/s1. The van der Waals surface area contributed by atoms with E-state index in [0.717, 1.165) is 5.56 Å². The second-order valence-corrected chi connectivity index (χ2v) is 5.71. The molecular weight excluding hydrogens is 300 g/mol. The van der Waals surface area contributed by atoms with Crippen LogP contribution in [0.4, 0.5) is 0 Å². The molecule has 0 fully saturated rings. The minimum Gasteiger partial charge on any atom is -0.463 e. The first-order valence-electron chi connectivity index (χ1n) is 7.42. The Bertz CT molecular complexity index is 738. The topological polar surface area (TPSA) is 111 Å². The van der Waals surface area contributed by atoms with E-state index in [4.69, 9.17) is 4.42 Å². The van der Waals surface area contributed by atoms with Crippen molar-refractivity contribution in [1.82, 2.24) is 0 Å². The van der Waals surface area contributed by atoms with Crippen LogP contribution in [-0.2, 0) is 12.8 Å². The van der Waals surface area contributed by atoms with Crippen LogP contribution in [0.15, 0.2) is 45.6 Å². The fourth-order valence-corrected chi connectivity index (χ4v) is 2.82. The van der Waals surface area contributed by atoms with Crippen LogP contribution >= 0.6 is 0 Å². The molecule has 0 bridgehead atoms. The molecule has 1 aliphatic carbocycles. The zero-order valence-electron chi connectivity index (χ0n) is 12.3. The molecule has 122 valence electrons. The summed E-state index contributed by atoms with van der Waals surface area (Å²) in [5.74, 6) is 0.179. The van der Waals surface area contributed by atoms with Crippen LogP contribution in [-0.4, -0.2) is 32.6 Å². The summed E-state index contributed by atoms with van der Waals surface area (Å²) in [6.45, 7) is 0. The van der Waals surface area contributed by atoms with Gasteiger partial charge in [0.05, 0.1) is 5.56 Å². The Morgan fingerprint density at radius 3 is 2.26 bits per heavy atom. The van der Waals surface area contributed by atoms with Crippen LogP contribution in [0.3, 0.4) is 0 Å². The van der Waals surface area contributed by atoms with E-state index in [-0.39, 0.29) is 11.3 Å². The van der Waals surface area contributed by atoms with Crippen molar-refractivity contribution in [3.05, 3.63) is 69.3 Å². The maximum absolute atomic E-state index is 12.2. The Kier molecular flexibility index (Phi) is 4.32. The highest BCUT2D eigenvalue weighted by molar-refractivity contribution is 5.29. The molecule has 6 nitrogen and oxygen atoms in total. The van der Waals surface area contributed by atoms with Crippen LogP contribution < -0.4 is 5.43 Å². The van der Waals surface area contributed by atoms with Crippen LogP contribution in [0.1, 0.15) is 34.9 Å². The first-order valence-corrected chi connectivity index (χ1v) is 7.42. The average molecular weight is 318 g/mol. The number of aliphatic hydroxyl groups excluding tert-OH is 4. The Balaban J connectivity index is 1.91. The summed E-state index contributed by atoms with van der Waals surface area (Å²) >= 11 is 0. The second kappa shape index (κ2) is 6.25. The minimum absolute atomic E-state index is 0.175. The first-order chi connectivity index (χ1) is 11.0. The lowest BCUT2D eigenvalue weighted by molar-refractivity contribution is -0.128. The molecule has 0 spiro atoms. The quantitative estimate of drug-likeness (QED) is 0.644. The van der Waals surface area contributed by atoms with Crippen molar-refractivity contribution in [2.45, 2.75) is 37.3 Å². The van der Waals surface area contributed by atoms with Gasteiger partial charge in [0.25, 0.3) is 0 Å². The smallest absolute Gasteiger partial charge is 0.191 e. The van der Waals surface area contributed by atoms with E-state index in [1.165, 1.54) is 6.07 Å². The third-order valence-corrected chi connectivity index (χ3v) is 4.13. The Hall–Kier alpha value is -1.99. The maximum atomic E-state index is 12.2. The summed E-state index contributed by atoms with van der Waals surface area (Å²) in [5, 5.41) is 39.3. The van der Waals surface area contributed by atoms with E-state index in [1.54, 1.807) is 0 Å². The van der Waals surface area contributed by atoms with E-state index in [2.05, 4.69) is 0 Å². The summed E-state index contributed by atoms with van der Waals surface area (Å²) in [6, 6.07) is 10.9. The van der Waals surface area contributed by atoms with Crippen LogP contribution in [0, 0.1) is 0 Å². The van der Waals surface area contributed by atoms with E-state index < -0.39 is 29.8 Å². The number of hydrogen-bond acceptors (Lipinski definition) is 6. The van der Waals surface area contributed by atoms with Crippen molar-refractivity contribution in [2.75, 3.05) is 0 Å². The van der Waals surface area contributed by atoms with Crippen molar-refractivity contribution in [2.24, 2.45) is 0 Å². The van der Waals surface area contributed by atoms with Gasteiger partial charge < -0.3 is 24.8 Å². The van der Waals surface area contributed by atoms with Gasteiger partial charge in [-0.1, -0.05) is 30.3 Å². The highest BCUT2D eigenvalue weighted by Gasteiger charge is 2.43. The first kappa shape index (κ1) is 15.9. The van der Waals surface area contributed by atoms with E-state index in [9.17, 15) is 25.2 Å². The zero-order valence-corrected chi connectivity index (χ0v) is 12.3. The number of aliphatic hydroxyl groups is 4. The summed E-state index contributed by atoms with van der Waals surface area (Å²) in [7, 11) is 0. The van der Waals surface area contributed by atoms with Gasteiger partial charge in [0.2, 0.25) is 0 Å². The molecule has 0 aliphatic heterocycles. The number of benzene rings is 1. The summed E-state index contributed by atoms with van der Waals surface area (Å²) in [5.41, 5.74) is 0.356. The third kappa shape index (κ3) is 2.94. The van der Waals surface area contributed by atoms with Gasteiger partial charge in [0.1, 0.15) is 35.9 Å². The molecule has 4 atom stereocenters. The van der Waals surface area contributed by atoms with Gasteiger partial charge in [-0.3, -0.25) is 4.79 Å². The molecule has 0 radical (unpaired) electrons. The maximum Gasteiger partial charge on any atom is 0.191 e. The molecular formula is C17H18O6. The molecule has 0 unspecified atom stereocenters. The van der Waals surface area contributed by atoms with Crippen molar-refractivity contribution in [3.8, 4) is 0 Å². The molecule has 0 saturated heterocycles. The molecule has 1 aromatic carbocycles. The van der Waals surface area contributed by atoms with Gasteiger partial charge in [0.15, 0.2) is 5.43 Å². The molecule has 3 rings (SSSR count). The highest BCUT2D eigenvalue weighted by Crippen LogP contribution is 2.35. The molecule has 0 amide bonds. The average Bonchev–Trinajstić information content (AvgIpc) is 2.56. The van der Waals surface area contributed by atoms with Gasteiger partial charge in [0, 0.05) is 12.5 Å². The molecule has 2 aromatic rings. The summed E-state index contributed by atoms with van der Waals surface area (Å²) < 4.78 is 5.52. The number of fused-ring (bicyclic) bond motifs is 1. The predicted molar refractivity (Wildman–Crippen MR) is 80.8 cm³/mol. The van der Waals surface area contributed by atoms with E-state index in [0.29, 0.717) is 18.6 Å². The lowest BCUT2D eigenvalue weighted by Gasteiger charge is -2.32. The largest absolute Gasteiger partial charge is 0.463 e. The lowest BCUT2D eigenvalue weighted by atomic mass is 9.87. The molecule has 23 heavy (non-hydrogen) atoms. The van der Waals surface area contributed by atoms with Crippen LogP contribution in [0.2, 0.25) is 0 Å². The normalized spacial score (nSPS) is 26.8. The molecule has 0 saturated carbocycles. The molecule has 1 aliphatic rings. The summed E-state index contributed by atoms with van der Waals surface area (Å²) in [4.78, 5) is 12.2. The number of aryl methyl sites for hydroxylation is 2. The summed E-state index contributed by atoms with van der Waals surface area (Å²) in [6.07, 6.45) is -5.28. The van der Waals surface area contributed by atoms with Crippen molar-refractivity contribution in [1.29, 1.82) is 0 Å². The predicted octanol–water partition coefficient (Wildman–Crippen LogP) is 0.227. The zero-order chi connectivity index (χ0) is 16.6. The SMILES string of the molecule is O=c1cc(CCc2ccccc2)oc2c1[C@@H](O)[C@H](O)[C@H](O)[C@H]2O. The molecule has 1 heterocycles. The fourth-order valence-electron chi connectivity index (χ4n) is 2.82. The van der Waals surface area contributed by atoms with Gasteiger partial charge in [-0.25, -0.2) is 0 Å². The number of hydrogen-bond donors (Lipinski definition) is 4. The second-order valence-electron chi connectivity index (χ2n) is 5.71. The molecule has 4 N–H and O–H groups in total. The Morgan fingerprint density at radius 2 is 1.57 bits per heavy atom. The third-order valence-electron chi connectivity index (χ3n) is 4.13. The minimum atomic E-state index is -1.63. The highest BCUT2D eigenvalue weighted by atomic mass is 16.4. The van der Waals surface area contributed by atoms with Gasteiger partial charge in [-0.2, -0.15) is 0 Å². The van der Waals surface area contributed by atoms with Gasteiger partial charge in [-0.15, -0.1) is 0 Å². The van der Waals surface area contributed by atoms with Crippen LogP contribution in [0.25, 0.3) is 0 Å². The number of rotatable bonds is 3. The Labute approximate surface area is 132 Å². The Morgan fingerprint density at radius 1 is 0.913 bits per heavy atom. The van der Waals surface area contributed by atoms with Crippen molar-refractivity contribution >= 4 is 0 Å². The van der Waals surface area contributed by atoms with Gasteiger partial charge >= 0.3 is 0 Å². The fraction of sp³-hybridized carbons (Fsp3) is 0.353. The lowest BCUT2D eigenvalue weighted by Crippen LogP contribution is -2.44. The monoisotopic (exact) mass is 318 g/mol. The molecule has 1 aromatic heterocycles. The van der Waals surface area contributed by atoms with E-state index in [1.807, 2.05) is 30.3 Å². The van der Waals surface area contributed by atoms with Crippen LogP contribution in [0.5, 0.6) is 0 Å². The van der Waals surface area contributed by atoms with Crippen molar-refractivity contribution < 1.29 is 24.8 Å². The van der Waals surface area contributed by atoms with E-state index >= 15 is 0 Å². The van der Waals surface area contributed by atoms with Gasteiger partial charge in [-0.05, 0) is 12.0 Å². The van der Waals surface area contributed by atoms with Crippen molar-refractivity contribution in [3.63, 3.8) is 0 Å². The molecule has 6 heteroatoms.